The van der Waals surface area contributed by atoms with Gasteiger partial charge in [-0.3, -0.25) is 4.79 Å². The van der Waals surface area contributed by atoms with E-state index < -0.39 is 0 Å². The first-order chi connectivity index (χ1) is 4.22. The van der Waals surface area contributed by atoms with Gasteiger partial charge in [-0.25, -0.2) is 0 Å². The lowest BCUT2D eigenvalue weighted by Crippen LogP contribution is -2.34. The smallest absolute Gasteiger partial charge is 0.222 e. The fourth-order valence-corrected chi connectivity index (χ4v) is 1.34. The van der Waals surface area contributed by atoms with E-state index in [1.807, 2.05) is 0 Å². The van der Waals surface area contributed by atoms with Crippen LogP contribution >= 0.6 is 0 Å². The Balaban J connectivity index is 2.49. The van der Waals surface area contributed by atoms with E-state index in [0.717, 1.165) is 19.3 Å². The summed E-state index contributed by atoms with van der Waals surface area (Å²) in [6.07, 6.45) is 2.89. The average molecular weight is 128 g/mol. The van der Waals surface area contributed by atoms with E-state index in [1.54, 1.807) is 0 Å². The van der Waals surface area contributed by atoms with Gasteiger partial charge in [0.25, 0.3) is 0 Å². The third-order valence-electron chi connectivity index (χ3n) is 1.93. The van der Waals surface area contributed by atoms with E-state index in [2.05, 4.69) is 0 Å². The van der Waals surface area contributed by atoms with Crippen molar-refractivity contribution in [2.24, 2.45) is 17.4 Å². The van der Waals surface area contributed by atoms with E-state index in [9.17, 15) is 4.79 Å². The second-order valence-electron chi connectivity index (χ2n) is 2.60. The summed E-state index contributed by atoms with van der Waals surface area (Å²) in [7, 11) is 0. The fraction of sp³-hybridized carbons (Fsp3) is 0.833. The summed E-state index contributed by atoms with van der Waals surface area (Å²) in [6, 6.07) is 0.0301. The van der Waals surface area contributed by atoms with Crippen molar-refractivity contribution >= 4 is 5.91 Å². The molecule has 2 atom stereocenters. The van der Waals surface area contributed by atoms with Gasteiger partial charge in [-0.15, -0.1) is 0 Å². The zero-order valence-corrected chi connectivity index (χ0v) is 5.34. The summed E-state index contributed by atoms with van der Waals surface area (Å²) in [6.45, 7) is 0. The van der Waals surface area contributed by atoms with E-state index in [-0.39, 0.29) is 17.9 Å². The predicted octanol–water partition coefficient (Wildman–Crippen LogP) is -0.401. The lowest BCUT2D eigenvalue weighted by molar-refractivity contribution is -0.121. The predicted molar refractivity (Wildman–Crippen MR) is 34.5 cm³/mol. The van der Waals surface area contributed by atoms with Gasteiger partial charge >= 0.3 is 0 Å². The molecular weight excluding hydrogens is 116 g/mol. The molecule has 0 radical (unpaired) electrons. The molecule has 1 fully saturated rings. The van der Waals surface area contributed by atoms with Crippen LogP contribution in [0.4, 0.5) is 0 Å². The van der Waals surface area contributed by atoms with Crippen molar-refractivity contribution in [2.45, 2.75) is 25.3 Å². The maximum atomic E-state index is 10.6. The molecule has 1 aliphatic rings. The Morgan fingerprint density at radius 1 is 1.44 bits per heavy atom. The van der Waals surface area contributed by atoms with Crippen molar-refractivity contribution in [1.29, 1.82) is 0 Å². The van der Waals surface area contributed by atoms with Gasteiger partial charge in [-0.2, -0.15) is 0 Å². The average Bonchev–Trinajstić information content (AvgIpc) is 2.13. The maximum Gasteiger partial charge on any atom is 0.222 e. The highest BCUT2D eigenvalue weighted by Crippen LogP contribution is 2.22. The molecule has 1 aliphatic carbocycles. The van der Waals surface area contributed by atoms with Gasteiger partial charge < -0.3 is 11.5 Å². The summed E-state index contributed by atoms with van der Waals surface area (Å²) in [5, 5.41) is 0. The molecule has 0 aromatic rings. The molecule has 52 valence electrons. The van der Waals surface area contributed by atoms with Crippen molar-refractivity contribution in [2.75, 3.05) is 0 Å². The monoisotopic (exact) mass is 128 g/mol. The lowest BCUT2D eigenvalue weighted by Gasteiger charge is -2.08. The van der Waals surface area contributed by atoms with E-state index in [1.165, 1.54) is 0 Å². The van der Waals surface area contributed by atoms with E-state index >= 15 is 0 Å². The first kappa shape index (κ1) is 6.55. The van der Waals surface area contributed by atoms with Crippen molar-refractivity contribution in [3.05, 3.63) is 0 Å². The normalized spacial score (nSPS) is 34.8. The largest absolute Gasteiger partial charge is 0.369 e. The number of carbonyl (C=O) groups excluding carboxylic acids is 1. The molecule has 1 rings (SSSR count). The van der Waals surface area contributed by atoms with Crippen LogP contribution in [0.1, 0.15) is 19.3 Å². The second-order valence-corrected chi connectivity index (χ2v) is 2.60. The summed E-state index contributed by atoms with van der Waals surface area (Å²) < 4.78 is 0. The number of rotatable bonds is 1. The molecule has 3 nitrogen and oxygen atoms in total. The van der Waals surface area contributed by atoms with Crippen molar-refractivity contribution < 1.29 is 4.79 Å². The van der Waals surface area contributed by atoms with Gasteiger partial charge in [0, 0.05) is 6.04 Å². The van der Waals surface area contributed by atoms with Gasteiger partial charge in [0.1, 0.15) is 0 Å². The van der Waals surface area contributed by atoms with Crippen molar-refractivity contribution in [3.8, 4) is 0 Å². The third kappa shape index (κ3) is 1.21. The van der Waals surface area contributed by atoms with Gasteiger partial charge in [-0.1, -0.05) is 6.42 Å². The Bertz CT molecular complexity index is 124. The molecule has 0 aromatic carbocycles. The highest BCUT2D eigenvalue weighted by atomic mass is 16.1. The SMILES string of the molecule is NC(=O)C1CCCC1N. The highest BCUT2D eigenvalue weighted by molar-refractivity contribution is 5.77. The molecule has 0 aliphatic heterocycles. The quantitative estimate of drug-likeness (QED) is 0.504. The highest BCUT2D eigenvalue weighted by Gasteiger charge is 2.27. The molecule has 0 heterocycles. The van der Waals surface area contributed by atoms with E-state index in [0.29, 0.717) is 0 Å². The summed E-state index contributed by atoms with van der Waals surface area (Å²) in [5.41, 5.74) is 10.6. The Hall–Kier alpha value is -0.570. The van der Waals surface area contributed by atoms with Crippen molar-refractivity contribution in [3.63, 3.8) is 0 Å². The first-order valence-corrected chi connectivity index (χ1v) is 3.26. The van der Waals surface area contributed by atoms with Crippen LogP contribution in [-0.2, 0) is 4.79 Å². The molecule has 3 heteroatoms. The zero-order valence-electron chi connectivity index (χ0n) is 5.34. The Morgan fingerprint density at radius 3 is 2.33 bits per heavy atom. The minimum absolute atomic E-state index is 0.0301. The van der Waals surface area contributed by atoms with Gasteiger partial charge in [0.05, 0.1) is 5.92 Å². The van der Waals surface area contributed by atoms with Crippen molar-refractivity contribution in [1.82, 2.24) is 0 Å². The van der Waals surface area contributed by atoms with Gasteiger partial charge in [0.15, 0.2) is 0 Å². The Morgan fingerprint density at radius 2 is 2.11 bits per heavy atom. The van der Waals surface area contributed by atoms with Crippen LogP contribution in [0.3, 0.4) is 0 Å². The Kier molecular flexibility index (Phi) is 1.71. The number of primary amides is 1. The molecule has 9 heavy (non-hydrogen) atoms. The molecular formula is C6H12N2O. The van der Waals surface area contributed by atoms with Crippen LogP contribution in [0.25, 0.3) is 0 Å². The standard InChI is InChI=1S/C6H12N2O/c7-5-3-1-2-4(5)6(8)9/h4-5H,1-3,7H2,(H2,8,9). The number of hydrogen-bond acceptors (Lipinski definition) is 2. The van der Waals surface area contributed by atoms with Crippen LogP contribution in [0, 0.1) is 5.92 Å². The second kappa shape index (κ2) is 2.35. The molecule has 0 bridgehead atoms. The molecule has 0 aromatic heterocycles. The first-order valence-electron chi connectivity index (χ1n) is 3.26. The third-order valence-corrected chi connectivity index (χ3v) is 1.93. The molecule has 1 amide bonds. The number of hydrogen-bond donors (Lipinski definition) is 2. The maximum absolute atomic E-state index is 10.6. The lowest BCUT2D eigenvalue weighted by atomic mass is 10.0. The summed E-state index contributed by atoms with van der Waals surface area (Å²) in [4.78, 5) is 10.6. The van der Waals surface area contributed by atoms with Crippen LogP contribution < -0.4 is 11.5 Å². The molecule has 4 N–H and O–H groups in total. The fourth-order valence-electron chi connectivity index (χ4n) is 1.34. The topological polar surface area (TPSA) is 69.1 Å². The molecule has 1 saturated carbocycles. The summed E-state index contributed by atoms with van der Waals surface area (Å²) in [5.74, 6) is -0.287. The summed E-state index contributed by atoms with van der Waals surface area (Å²) >= 11 is 0. The van der Waals surface area contributed by atoms with Crippen LogP contribution in [0.5, 0.6) is 0 Å². The van der Waals surface area contributed by atoms with Crippen LogP contribution in [0.2, 0.25) is 0 Å². The van der Waals surface area contributed by atoms with Gasteiger partial charge in [0.2, 0.25) is 5.91 Å². The molecule has 2 unspecified atom stereocenters. The molecule has 0 saturated heterocycles. The minimum atomic E-state index is -0.236. The van der Waals surface area contributed by atoms with Gasteiger partial charge in [-0.05, 0) is 12.8 Å². The number of amides is 1. The zero-order chi connectivity index (χ0) is 6.85. The van der Waals surface area contributed by atoms with Crippen LogP contribution in [-0.4, -0.2) is 11.9 Å². The van der Waals surface area contributed by atoms with E-state index in [4.69, 9.17) is 11.5 Å². The minimum Gasteiger partial charge on any atom is -0.369 e. The van der Waals surface area contributed by atoms with Crippen LogP contribution in [0.15, 0.2) is 0 Å². The number of nitrogens with two attached hydrogens (primary N) is 2. The Labute approximate surface area is 54.4 Å². The molecule has 0 spiro atoms. The number of carbonyl (C=O) groups is 1.